The minimum Gasteiger partial charge on any atom is -0.461 e. The Bertz CT molecular complexity index is 817. The Morgan fingerprint density at radius 1 is 1.23 bits per heavy atom. The van der Waals surface area contributed by atoms with E-state index < -0.39 is 0 Å². The summed E-state index contributed by atoms with van der Waals surface area (Å²) in [5.41, 5.74) is 0.0464. The van der Waals surface area contributed by atoms with Crippen molar-refractivity contribution in [2.24, 2.45) is 0 Å². The fourth-order valence-electron chi connectivity index (χ4n) is 1.94. The van der Waals surface area contributed by atoms with Gasteiger partial charge in [0.05, 0.1) is 6.26 Å². The molecule has 3 aromatic rings. The van der Waals surface area contributed by atoms with E-state index in [1.165, 1.54) is 23.0 Å². The van der Waals surface area contributed by atoms with E-state index in [9.17, 15) is 9.59 Å². The molecule has 112 valence electrons. The average molecular weight is 299 g/mol. The number of pyridine rings is 1. The first-order valence-corrected chi connectivity index (χ1v) is 6.68. The molecule has 0 aliphatic rings. The van der Waals surface area contributed by atoms with E-state index in [1.54, 1.807) is 30.5 Å². The highest BCUT2D eigenvalue weighted by Crippen LogP contribution is 2.20. The van der Waals surface area contributed by atoms with Crippen LogP contribution in [0.25, 0.3) is 11.5 Å². The third-order valence-electron chi connectivity index (χ3n) is 3.04. The predicted molar refractivity (Wildman–Crippen MR) is 77.2 cm³/mol. The Morgan fingerprint density at radius 2 is 2.14 bits per heavy atom. The summed E-state index contributed by atoms with van der Waals surface area (Å²) in [6.45, 7) is 0.694. The van der Waals surface area contributed by atoms with Gasteiger partial charge in [0.1, 0.15) is 0 Å². The second-order valence-electron chi connectivity index (χ2n) is 4.54. The van der Waals surface area contributed by atoms with Crippen LogP contribution in [0.1, 0.15) is 10.5 Å². The number of furan rings is 1. The predicted octanol–water partition coefficient (Wildman–Crippen LogP) is 1.53. The van der Waals surface area contributed by atoms with Gasteiger partial charge in [-0.1, -0.05) is 11.2 Å². The van der Waals surface area contributed by atoms with Crippen molar-refractivity contribution >= 4 is 5.91 Å². The Balaban J connectivity index is 1.59. The zero-order chi connectivity index (χ0) is 15.4. The van der Waals surface area contributed by atoms with E-state index >= 15 is 0 Å². The van der Waals surface area contributed by atoms with Crippen molar-refractivity contribution in [2.75, 3.05) is 6.54 Å². The van der Waals surface area contributed by atoms with Gasteiger partial charge in [-0.05, 0) is 18.2 Å². The maximum atomic E-state index is 12.0. The molecule has 0 aliphatic carbocycles. The van der Waals surface area contributed by atoms with E-state index in [2.05, 4.69) is 10.5 Å². The highest BCUT2D eigenvalue weighted by atomic mass is 16.5. The highest BCUT2D eigenvalue weighted by molar-refractivity contribution is 5.92. The number of nitrogens with one attached hydrogen (secondary N) is 1. The van der Waals surface area contributed by atoms with Crippen LogP contribution in [0.3, 0.4) is 0 Å². The van der Waals surface area contributed by atoms with Gasteiger partial charge < -0.3 is 18.8 Å². The summed E-state index contributed by atoms with van der Waals surface area (Å²) in [5.74, 6) is 0.516. The molecule has 3 aromatic heterocycles. The molecule has 0 spiro atoms. The molecule has 0 bridgehead atoms. The van der Waals surface area contributed by atoms with Crippen LogP contribution in [0.2, 0.25) is 0 Å². The molecule has 3 heterocycles. The molecule has 22 heavy (non-hydrogen) atoms. The van der Waals surface area contributed by atoms with Crippen LogP contribution in [-0.4, -0.2) is 22.2 Å². The summed E-state index contributed by atoms with van der Waals surface area (Å²) in [4.78, 5) is 23.5. The van der Waals surface area contributed by atoms with Gasteiger partial charge in [-0.2, -0.15) is 0 Å². The molecular formula is C15H13N3O4. The second kappa shape index (κ2) is 6.13. The van der Waals surface area contributed by atoms with Gasteiger partial charge in [0, 0.05) is 31.4 Å². The lowest BCUT2D eigenvalue weighted by molar-refractivity contribution is 0.0943. The van der Waals surface area contributed by atoms with Gasteiger partial charge in [-0.25, -0.2) is 0 Å². The molecule has 3 rings (SSSR count). The maximum Gasteiger partial charge on any atom is 0.273 e. The van der Waals surface area contributed by atoms with Crippen molar-refractivity contribution in [2.45, 2.75) is 6.54 Å². The molecular weight excluding hydrogens is 286 g/mol. The highest BCUT2D eigenvalue weighted by Gasteiger charge is 2.14. The van der Waals surface area contributed by atoms with Crippen molar-refractivity contribution < 1.29 is 13.7 Å². The number of carbonyl (C=O) groups excluding carboxylic acids is 1. The van der Waals surface area contributed by atoms with E-state index in [1.807, 2.05) is 0 Å². The lowest BCUT2D eigenvalue weighted by atomic mass is 10.3. The summed E-state index contributed by atoms with van der Waals surface area (Å²) in [6.07, 6.45) is 3.18. The quantitative estimate of drug-likeness (QED) is 0.771. The normalized spacial score (nSPS) is 10.5. The van der Waals surface area contributed by atoms with E-state index in [4.69, 9.17) is 8.94 Å². The monoisotopic (exact) mass is 299 g/mol. The molecule has 0 saturated carbocycles. The first kappa shape index (κ1) is 13.9. The lowest BCUT2D eigenvalue weighted by Gasteiger charge is -2.05. The Morgan fingerprint density at radius 3 is 2.91 bits per heavy atom. The van der Waals surface area contributed by atoms with Crippen LogP contribution >= 0.6 is 0 Å². The Kier molecular flexibility index (Phi) is 3.86. The largest absolute Gasteiger partial charge is 0.461 e. The van der Waals surface area contributed by atoms with Crippen molar-refractivity contribution in [1.29, 1.82) is 0 Å². The fraction of sp³-hybridized carbons (Fsp3) is 0.133. The maximum absolute atomic E-state index is 12.0. The summed E-state index contributed by atoms with van der Waals surface area (Å²) in [7, 11) is 0. The summed E-state index contributed by atoms with van der Waals surface area (Å²) < 4.78 is 11.7. The minimum atomic E-state index is -0.370. The molecule has 0 radical (unpaired) electrons. The van der Waals surface area contributed by atoms with E-state index in [0.29, 0.717) is 24.6 Å². The number of amides is 1. The number of aromatic nitrogens is 2. The third-order valence-corrected chi connectivity index (χ3v) is 3.04. The number of hydrogen-bond acceptors (Lipinski definition) is 5. The van der Waals surface area contributed by atoms with E-state index in [0.717, 1.165) is 0 Å². The van der Waals surface area contributed by atoms with Gasteiger partial charge in [-0.15, -0.1) is 0 Å². The Hall–Kier alpha value is -3.09. The van der Waals surface area contributed by atoms with Gasteiger partial charge >= 0.3 is 0 Å². The molecule has 7 heteroatoms. The topological polar surface area (TPSA) is 90.3 Å². The Labute approximate surface area is 125 Å². The molecule has 0 aromatic carbocycles. The van der Waals surface area contributed by atoms with Gasteiger partial charge in [0.2, 0.25) is 5.76 Å². The third kappa shape index (κ3) is 2.98. The van der Waals surface area contributed by atoms with Crippen LogP contribution in [0, 0.1) is 0 Å². The second-order valence-corrected chi connectivity index (χ2v) is 4.54. The average Bonchev–Trinajstić information content (AvgIpc) is 3.20. The molecule has 1 N–H and O–H groups in total. The van der Waals surface area contributed by atoms with Crippen LogP contribution in [0.15, 0.2) is 62.6 Å². The molecule has 0 atom stereocenters. The van der Waals surface area contributed by atoms with Crippen LogP contribution < -0.4 is 10.9 Å². The molecule has 0 fully saturated rings. The first-order chi connectivity index (χ1) is 10.7. The zero-order valence-corrected chi connectivity index (χ0v) is 11.6. The first-order valence-electron chi connectivity index (χ1n) is 6.68. The van der Waals surface area contributed by atoms with Gasteiger partial charge in [0.15, 0.2) is 11.5 Å². The molecule has 1 amide bonds. The fourth-order valence-corrected chi connectivity index (χ4v) is 1.94. The van der Waals surface area contributed by atoms with E-state index in [-0.39, 0.29) is 17.2 Å². The van der Waals surface area contributed by atoms with Crippen LogP contribution in [0.5, 0.6) is 0 Å². The molecule has 7 nitrogen and oxygen atoms in total. The lowest BCUT2D eigenvalue weighted by Crippen LogP contribution is -2.30. The SMILES string of the molecule is O=C(NCCn1ccccc1=O)c1cc(-c2ccco2)on1. The number of nitrogens with zero attached hydrogens (tertiary/aromatic N) is 2. The smallest absolute Gasteiger partial charge is 0.273 e. The van der Waals surface area contributed by atoms with Gasteiger partial charge in [-0.3, -0.25) is 9.59 Å². The van der Waals surface area contributed by atoms with Crippen molar-refractivity contribution in [3.05, 3.63) is 64.9 Å². The number of carbonyl (C=O) groups is 1. The minimum absolute atomic E-state index is 0.113. The number of rotatable bonds is 5. The van der Waals surface area contributed by atoms with Gasteiger partial charge in [0.25, 0.3) is 11.5 Å². The summed E-state index contributed by atoms with van der Waals surface area (Å²) in [6, 6.07) is 9.83. The molecule has 0 aliphatic heterocycles. The van der Waals surface area contributed by atoms with Crippen molar-refractivity contribution in [3.63, 3.8) is 0 Å². The standard InChI is InChI=1S/C15H13N3O4/c19-14-5-1-2-7-18(14)8-6-16-15(20)11-10-13(22-17-11)12-4-3-9-21-12/h1-5,7,9-10H,6,8H2,(H,16,20). The summed E-state index contributed by atoms with van der Waals surface area (Å²) in [5, 5.41) is 6.38. The molecule has 0 unspecified atom stereocenters. The van der Waals surface area contributed by atoms with Crippen molar-refractivity contribution in [3.8, 4) is 11.5 Å². The number of hydrogen-bond donors (Lipinski definition) is 1. The van der Waals surface area contributed by atoms with Crippen LogP contribution in [-0.2, 0) is 6.54 Å². The summed E-state index contributed by atoms with van der Waals surface area (Å²) >= 11 is 0. The zero-order valence-electron chi connectivity index (χ0n) is 11.6. The molecule has 0 saturated heterocycles. The van der Waals surface area contributed by atoms with Crippen molar-refractivity contribution in [1.82, 2.24) is 15.0 Å². The van der Waals surface area contributed by atoms with Crippen LogP contribution in [0.4, 0.5) is 0 Å².